The first kappa shape index (κ1) is 14.4. The standard InChI is InChI=1S/C19H18N6/c20-14-9-25(10-14)19-8-22-15-4-3-12(6-17(15)24-19)11-1-2-13-7-18(21)23-16(13)5-11/h1-6,8,14H,7,9-10,20H2,(H2,21,23). The maximum absolute atomic E-state index is 5.86. The number of hydrogen-bond acceptors (Lipinski definition) is 6. The van der Waals surface area contributed by atoms with E-state index >= 15 is 0 Å². The summed E-state index contributed by atoms with van der Waals surface area (Å²) in [6.07, 6.45) is 2.56. The van der Waals surface area contributed by atoms with Gasteiger partial charge in [0.25, 0.3) is 0 Å². The highest BCUT2D eigenvalue weighted by atomic mass is 15.3. The first-order valence-corrected chi connectivity index (χ1v) is 8.39. The average Bonchev–Trinajstić information content (AvgIpc) is 2.97. The quantitative estimate of drug-likeness (QED) is 0.749. The lowest BCUT2D eigenvalue weighted by atomic mass is 10.0. The second kappa shape index (κ2) is 5.26. The zero-order chi connectivity index (χ0) is 17.0. The van der Waals surface area contributed by atoms with Crippen molar-refractivity contribution in [2.75, 3.05) is 18.0 Å². The van der Waals surface area contributed by atoms with Crippen molar-refractivity contribution in [3.05, 3.63) is 48.2 Å². The van der Waals surface area contributed by atoms with Crippen LogP contribution in [0.5, 0.6) is 0 Å². The predicted molar refractivity (Wildman–Crippen MR) is 100 cm³/mol. The van der Waals surface area contributed by atoms with Crippen molar-refractivity contribution in [3.63, 3.8) is 0 Å². The molecule has 0 spiro atoms. The van der Waals surface area contributed by atoms with Crippen LogP contribution in [0.25, 0.3) is 22.2 Å². The van der Waals surface area contributed by atoms with Crippen LogP contribution in [0.15, 0.2) is 47.6 Å². The number of benzene rings is 2. The summed E-state index contributed by atoms with van der Waals surface area (Å²) in [5.41, 5.74) is 17.8. The third kappa shape index (κ3) is 2.42. The molecule has 0 amide bonds. The average molecular weight is 330 g/mol. The fourth-order valence-corrected chi connectivity index (χ4v) is 3.42. The minimum atomic E-state index is 0.239. The van der Waals surface area contributed by atoms with Crippen LogP contribution in [0, 0.1) is 0 Å². The Morgan fingerprint density at radius 2 is 1.80 bits per heavy atom. The van der Waals surface area contributed by atoms with Crippen molar-refractivity contribution in [2.24, 2.45) is 16.5 Å². The third-order valence-electron chi connectivity index (χ3n) is 4.82. The van der Waals surface area contributed by atoms with Gasteiger partial charge in [0.2, 0.25) is 0 Å². The van der Waals surface area contributed by atoms with Crippen molar-refractivity contribution >= 4 is 28.4 Å². The van der Waals surface area contributed by atoms with Gasteiger partial charge in [-0.1, -0.05) is 18.2 Å². The third-order valence-corrected chi connectivity index (χ3v) is 4.82. The van der Waals surface area contributed by atoms with Crippen molar-refractivity contribution in [1.29, 1.82) is 0 Å². The number of rotatable bonds is 2. The summed E-state index contributed by atoms with van der Waals surface area (Å²) in [6, 6.07) is 12.7. The molecule has 0 unspecified atom stereocenters. The Bertz CT molecular complexity index is 1020. The second-order valence-electron chi connectivity index (χ2n) is 6.72. The molecule has 0 bridgehead atoms. The fraction of sp³-hybridized carbons (Fsp3) is 0.211. The molecule has 0 aliphatic carbocycles. The highest BCUT2D eigenvalue weighted by Gasteiger charge is 2.24. The molecule has 1 saturated heterocycles. The molecule has 1 fully saturated rings. The molecule has 0 radical (unpaired) electrons. The summed E-state index contributed by atoms with van der Waals surface area (Å²) >= 11 is 0. The number of nitrogens with two attached hydrogens (primary N) is 2. The van der Waals surface area contributed by atoms with E-state index in [9.17, 15) is 0 Å². The van der Waals surface area contributed by atoms with Crippen LogP contribution in [-0.4, -0.2) is 34.9 Å². The molecule has 4 N–H and O–H groups in total. The van der Waals surface area contributed by atoms with Gasteiger partial charge in [-0.05, 0) is 34.9 Å². The number of anilines is 1. The topological polar surface area (TPSA) is 93.4 Å². The van der Waals surface area contributed by atoms with E-state index in [4.69, 9.17) is 16.5 Å². The van der Waals surface area contributed by atoms with Crippen LogP contribution < -0.4 is 16.4 Å². The molecule has 6 heteroatoms. The largest absolute Gasteiger partial charge is 0.387 e. The Morgan fingerprint density at radius 3 is 2.64 bits per heavy atom. The molecule has 5 rings (SSSR count). The molecular weight excluding hydrogens is 312 g/mol. The van der Waals surface area contributed by atoms with E-state index in [1.54, 1.807) is 0 Å². The van der Waals surface area contributed by atoms with Crippen LogP contribution in [0.2, 0.25) is 0 Å². The van der Waals surface area contributed by atoms with Crippen LogP contribution in [-0.2, 0) is 6.42 Å². The zero-order valence-corrected chi connectivity index (χ0v) is 13.7. The number of amidine groups is 1. The molecule has 2 aliphatic rings. The molecule has 3 aromatic rings. The lowest BCUT2D eigenvalue weighted by Crippen LogP contribution is -2.56. The summed E-state index contributed by atoms with van der Waals surface area (Å²) < 4.78 is 0. The molecule has 124 valence electrons. The summed E-state index contributed by atoms with van der Waals surface area (Å²) in [7, 11) is 0. The first-order chi connectivity index (χ1) is 12.2. The normalized spacial score (nSPS) is 16.7. The molecular formula is C19H18N6. The van der Waals surface area contributed by atoms with Gasteiger partial charge in [-0.2, -0.15) is 0 Å². The van der Waals surface area contributed by atoms with Crippen LogP contribution >= 0.6 is 0 Å². The highest BCUT2D eigenvalue weighted by Crippen LogP contribution is 2.32. The molecule has 2 aliphatic heterocycles. The second-order valence-corrected chi connectivity index (χ2v) is 6.72. The number of nitrogens with zero attached hydrogens (tertiary/aromatic N) is 4. The summed E-state index contributed by atoms with van der Waals surface area (Å²) in [6.45, 7) is 1.67. The maximum atomic E-state index is 5.86. The zero-order valence-electron chi connectivity index (χ0n) is 13.7. The predicted octanol–water partition coefficient (Wildman–Crippen LogP) is 1.99. The Balaban J connectivity index is 1.54. The molecule has 0 saturated carbocycles. The SMILES string of the molecule is NC1=Nc2cc(-c3ccc4ncc(N5CC(N)C5)nc4c3)ccc2C1. The van der Waals surface area contributed by atoms with Gasteiger partial charge in [0.05, 0.1) is 22.9 Å². The van der Waals surface area contributed by atoms with E-state index < -0.39 is 0 Å². The van der Waals surface area contributed by atoms with Crippen molar-refractivity contribution in [3.8, 4) is 11.1 Å². The van der Waals surface area contributed by atoms with Gasteiger partial charge >= 0.3 is 0 Å². The van der Waals surface area contributed by atoms with Crippen LogP contribution in [0.4, 0.5) is 11.5 Å². The minimum absolute atomic E-state index is 0.239. The van der Waals surface area contributed by atoms with Crippen molar-refractivity contribution in [2.45, 2.75) is 12.5 Å². The number of fused-ring (bicyclic) bond motifs is 2. The molecule has 25 heavy (non-hydrogen) atoms. The molecule has 2 aromatic carbocycles. The van der Waals surface area contributed by atoms with Crippen molar-refractivity contribution < 1.29 is 0 Å². The first-order valence-electron chi connectivity index (χ1n) is 8.39. The van der Waals surface area contributed by atoms with Gasteiger partial charge < -0.3 is 16.4 Å². The summed E-state index contributed by atoms with van der Waals surface area (Å²) in [5.74, 6) is 1.56. The van der Waals surface area contributed by atoms with Crippen LogP contribution in [0.1, 0.15) is 5.56 Å². The smallest absolute Gasteiger partial charge is 0.147 e. The van der Waals surface area contributed by atoms with Gasteiger partial charge in [-0.3, -0.25) is 4.98 Å². The van der Waals surface area contributed by atoms with E-state index in [-0.39, 0.29) is 6.04 Å². The fourth-order valence-electron chi connectivity index (χ4n) is 3.42. The van der Waals surface area contributed by atoms with Gasteiger partial charge in [0.15, 0.2) is 0 Å². The minimum Gasteiger partial charge on any atom is -0.387 e. The van der Waals surface area contributed by atoms with E-state index in [0.717, 1.165) is 53.2 Å². The monoisotopic (exact) mass is 330 g/mol. The lowest BCUT2D eigenvalue weighted by molar-refractivity contribution is 0.514. The highest BCUT2D eigenvalue weighted by molar-refractivity contribution is 5.92. The summed E-state index contributed by atoms with van der Waals surface area (Å²) in [5, 5.41) is 0. The van der Waals surface area contributed by atoms with Gasteiger partial charge in [0, 0.05) is 25.6 Å². The summed E-state index contributed by atoms with van der Waals surface area (Å²) in [4.78, 5) is 15.9. The van der Waals surface area contributed by atoms with E-state index in [1.165, 1.54) is 5.56 Å². The van der Waals surface area contributed by atoms with E-state index in [1.807, 2.05) is 12.3 Å². The number of aromatic nitrogens is 2. The van der Waals surface area contributed by atoms with E-state index in [2.05, 4.69) is 45.2 Å². The Labute approximate surface area is 145 Å². The maximum Gasteiger partial charge on any atom is 0.147 e. The Hall–Kier alpha value is -2.99. The Morgan fingerprint density at radius 1 is 1.00 bits per heavy atom. The van der Waals surface area contributed by atoms with Crippen molar-refractivity contribution in [1.82, 2.24) is 9.97 Å². The molecule has 0 atom stereocenters. The molecule has 1 aromatic heterocycles. The molecule has 3 heterocycles. The van der Waals surface area contributed by atoms with Crippen LogP contribution in [0.3, 0.4) is 0 Å². The number of aliphatic imine (C=N–C) groups is 1. The van der Waals surface area contributed by atoms with Gasteiger partial charge in [0.1, 0.15) is 11.7 Å². The van der Waals surface area contributed by atoms with E-state index in [0.29, 0.717) is 5.84 Å². The van der Waals surface area contributed by atoms with Gasteiger partial charge in [-0.15, -0.1) is 0 Å². The Kier molecular flexibility index (Phi) is 3.02. The lowest BCUT2D eigenvalue weighted by Gasteiger charge is -2.37. The number of hydrogen-bond donors (Lipinski definition) is 2. The molecule has 6 nitrogen and oxygen atoms in total. The van der Waals surface area contributed by atoms with Gasteiger partial charge in [-0.25, -0.2) is 9.98 Å².